The number of fused-ring (bicyclic) bond motifs is 2. The summed E-state index contributed by atoms with van der Waals surface area (Å²) in [6.45, 7) is 3.57. The fourth-order valence-corrected chi connectivity index (χ4v) is 5.14. The Morgan fingerprint density at radius 2 is 1.54 bits per heavy atom. The number of aromatic nitrogens is 4. The highest BCUT2D eigenvalue weighted by Gasteiger charge is 2.20. The fraction of sp³-hybridized carbons (Fsp3) is 0.194. The molecule has 10 nitrogen and oxygen atoms in total. The molecule has 41 heavy (non-hydrogen) atoms. The van der Waals surface area contributed by atoms with E-state index in [1.165, 1.54) is 0 Å². The summed E-state index contributed by atoms with van der Waals surface area (Å²) < 4.78 is 10.7. The molecule has 204 valence electrons. The number of benzene rings is 3. The molecule has 3 aromatic carbocycles. The maximum atomic E-state index is 12.6. The number of piperazine rings is 1. The van der Waals surface area contributed by atoms with Crippen LogP contribution < -0.4 is 24.6 Å². The van der Waals surface area contributed by atoms with Crippen LogP contribution in [-0.2, 0) is 11.2 Å². The maximum Gasteiger partial charge on any atom is 0.231 e. The summed E-state index contributed by atoms with van der Waals surface area (Å²) in [5.41, 5.74) is 5.37. The van der Waals surface area contributed by atoms with E-state index in [2.05, 4.69) is 36.1 Å². The number of carbonyl (C=O) groups is 1. The summed E-state index contributed by atoms with van der Waals surface area (Å²) in [5, 5.41) is 2.97. The Bertz CT molecular complexity index is 1710. The van der Waals surface area contributed by atoms with Gasteiger partial charge in [-0.3, -0.25) is 14.8 Å². The average Bonchev–Trinajstić information content (AvgIpc) is 3.49. The highest BCUT2D eigenvalue weighted by molar-refractivity contribution is 5.92. The number of rotatable bonds is 6. The monoisotopic (exact) mass is 545 g/mol. The van der Waals surface area contributed by atoms with Crippen molar-refractivity contribution in [3.8, 4) is 22.6 Å². The Hall–Kier alpha value is -5.25. The first-order valence-electron chi connectivity index (χ1n) is 13.5. The van der Waals surface area contributed by atoms with Gasteiger partial charge in [-0.05, 0) is 53.1 Å². The minimum atomic E-state index is -0.0948. The molecule has 0 radical (unpaired) electrons. The second-order valence-electron chi connectivity index (χ2n) is 9.96. The molecule has 1 saturated heterocycles. The highest BCUT2D eigenvalue weighted by Crippen LogP contribution is 2.33. The lowest BCUT2D eigenvalue weighted by Gasteiger charge is -2.35. The minimum Gasteiger partial charge on any atom is -0.454 e. The standard InChI is InChI=1S/C31H27N7O3/c39-31(16-21-1-8-27-28(15-21)41-20-40-27)35-24-5-2-22(3-6-24)23-4-7-25-26(17-23)36-30(19-34-25)38-13-11-37(12-14-38)29-18-32-9-10-33-29/h1-10,15,17-19H,11-14,16,20H2,(H,35,39). The molecule has 0 bridgehead atoms. The van der Waals surface area contributed by atoms with Gasteiger partial charge in [0.15, 0.2) is 11.5 Å². The van der Waals surface area contributed by atoms with Gasteiger partial charge in [-0.1, -0.05) is 24.3 Å². The van der Waals surface area contributed by atoms with E-state index in [0.29, 0.717) is 11.5 Å². The van der Waals surface area contributed by atoms with Gasteiger partial charge in [0.05, 0.1) is 29.8 Å². The summed E-state index contributed by atoms with van der Waals surface area (Å²) >= 11 is 0. The Labute approximate surface area is 236 Å². The van der Waals surface area contributed by atoms with Gasteiger partial charge >= 0.3 is 0 Å². The Kier molecular flexibility index (Phi) is 6.48. The zero-order valence-electron chi connectivity index (χ0n) is 22.2. The van der Waals surface area contributed by atoms with Crippen molar-refractivity contribution < 1.29 is 14.3 Å². The number of hydrogen-bond donors (Lipinski definition) is 1. The second-order valence-corrected chi connectivity index (χ2v) is 9.96. The number of carbonyl (C=O) groups excluding carboxylic acids is 1. The van der Waals surface area contributed by atoms with Gasteiger partial charge in [-0.25, -0.2) is 9.97 Å². The zero-order valence-corrected chi connectivity index (χ0v) is 22.2. The van der Waals surface area contributed by atoms with Crippen molar-refractivity contribution in [2.24, 2.45) is 0 Å². The summed E-state index contributed by atoms with van der Waals surface area (Å²) in [6.07, 6.45) is 7.31. The van der Waals surface area contributed by atoms with Crippen molar-refractivity contribution in [3.05, 3.63) is 91.0 Å². The normalized spacial score (nSPS) is 14.3. The molecular weight excluding hydrogens is 518 g/mol. The number of ether oxygens (including phenoxy) is 2. The maximum absolute atomic E-state index is 12.6. The molecule has 0 saturated carbocycles. The first-order valence-corrected chi connectivity index (χ1v) is 13.5. The minimum absolute atomic E-state index is 0.0948. The number of nitrogens with one attached hydrogen (secondary N) is 1. The van der Waals surface area contributed by atoms with Crippen LogP contribution in [0.4, 0.5) is 17.3 Å². The summed E-state index contributed by atoms with van der Waals surface area (Å²) in [5.74, 6) is 3.05. The van der Waals surface area contributed by atoms with Crippen molar-refractivity contribution in [2.75, 3.05) is 48.1 Å². The third-order valence-corrected chi connectivity index (χ3v) is 7.31. The van der Waals surface area contributed by atoms with Gasteiger partial charge < -0.3 is 24.6 Å². The topological polar surface area (TPSA) is 106 Å². The molecule has 2 aliphatic rings. The first-order chi connectivity index (χ1) is 20.2. The molecule has 0 unspecified atom stereocenters. The molecule has 2 aliphatic heterocycles. The number of hydrogen-bond acceptors (Lipinski definition) is 9. The SMILES string of the molecule is O=C(Cc1ccc2c(c1)OCO2)Nc1ccc(-c2ccc3ncc(N4CCN(c5cnccn5)CC4)nc3c2)cc1. The number of anilines is 3. The van der Waals surface area contributed by atoms with Gasteiger partial charge in [-0.15, -0.1) is 0 Å². The van der Waals surface area contributed by atoms with Gasteiger partial charge in [0.25, 0.3) is 0 Å². The van der Waals surface area contributed by atoms with Crippen LogP contribution in [0.15, 0.2) is 85.5 Å². The molecule has 1 amide bonds. The molecule has 1 fully saturated rings. The third-order valence-electron chi connectivity index (χ3n) is 7.31. The van der Waals surface area contributed by atoms with Crippen LogP contribution in [0.25, 0.3) is 22.2 Å². The van der Waals surface area contributed by atoms with E-state index >= 15 is 0 Å². The van der Waals surface area contributed by atoms with E-state index in [0.717, 1.165) is 71.2 Å². The number of amides is 1. The lowest BCUT2D eigenvalue weighted by molar-refractivity contribution is -0.115. The molecule has 0 spiro atoms. The van der Waals surface area contributed by atoms with Crippen LogP contribution in [0.3, 0.4) is 0 Å². The molecule has 10 heteroatoms. The van der Waals surface area contributed by atoms with Crippen molar-refractivity contribution >= 4 is 34.3 Å². The molecular formula is C31H27N7O3. The zero-order chi connectivity index (χ0) is 27.6. The van der Waals surface area contributed by atoms with Crippen molar-refractivity contribution in [2.45, 2.75) is 6.42 Å². The van der Waals surface area contributed by atoms with Crippen molar-refractivity contribution in [1.29, 1.82) is 0 Å². The van der Waals surface area contributed by atoms with E-state index in [4.69, 9.17) is 14.5 Å². The van der Waals surface area contributed by atoms with Crippen LogP contribution >= 0.6 is 0 Å². The van der Waals surface area contributed by atoms with Crippen molar-refractivity contribution in [1.82, 2.24) is 19.9 Å². The Morgan fingerprint density at radius 1 is 0.756 bits per heavy atom. The van der Waals surface area contributed by atoms with Crippen molar-refractivity contribution in [3.63, 3.8) is 0 Å². The third kappa shape index (κ3) is 5.31. The van der Waals surface area contributed by atoms with Crippen LogP contribution in [0.2, 0.25) is 0 Å². The van der Waals surface area contributed by atoms with Crippen LogP contribution in [0, 0.1) is 0 Å². The molecule has 5 aromatic rings. The number of nitrogens with zero attached hydrogens (tertiary/aromatic N) is 6. The van der Waals surface area contributed by atoms with Crippen LogP contribution in [0.1, 0.15) is 5.56 Å². The quantitative estimate of drug-likeness (QED) is 0.334. The van der Waals surface area contributed by atoms with Crippen LogP contribution in [0.5, 0.6) is 11.5 Å². The Morgan fingerprint density at radius 3 is 2.34 bits per heavy atom. The molecule has 0 aliphatic carbocycles. The average molecular weight is 546 g/mol. The van der Waals surface area contributed by atoms with Crippen LogP contribution in [-0.4, -0.2) is 58.8 Å². The van der Waals surface area contributed by atoms with Gasteiger partial charge in [0.1, 0.15) is 11.6 Å². The Balaban J connectivity index is 1.01. The smallest absolute Gasteiger partial charge is 0.231 e. The summed E-state index contributed by atoms with van der Waals surface area (Å²) in [7, 11) is 0. The lowest BCUT2D eigenvalue weighted by atomic mass is 10.0. The summed E-state index contributed by atoms with van der Waals surface area (Å²) in [6, 6.07) is 19.5. The predicted molar refractivity (Wildman–Crippen MR) is 156 cm³/mol. The lowest BCUT2D eigenvalue weighted by Crippen LogP contribution is -2.47. The molecule has 7 rings (SSSR count). The highest BCUT2D eigenvalue weighted by atomic mass is 16.7. The fourth-order valence-electron chi connectivity index (χ4n) is 5.14. The molecule has 0 atom stereocenters. The van der Waals surface area contributed by atoms with E-state index < -0.39 is 0 Å². The van der Waals surface area contributed by atoms with E-state index in [9.17, 15) is 4.79 Å². The molecule has 1 N–H and O–H groups in total. The first kappa shape index (κ1) is 24.8. The van der Waals surface area contributed by atoms with E-state index in [1.54, 1.807) is 18.6 Å². The second kappa shape index (κ2) is 10.7. The summed E-state index contributed by atoms with van der Waals surface area (Å²) in [4.78, 5) is 35.3. The van der Waals surface area contributed by atoms with E-state index in [-0.39, 0.29) is 19.1 Å². The molecule has 4 heterocycles. The molecule has 2 aromatic heterocycles. The largest absolute Gasteiger partial charge is 0.454 e. The van der Waals surface area contributed by atoms with Gasteiger partial charge in [0, 0.05) is 44.3 Å². The predicted octanol–water partition coefficient (Wildman–Crippen LogP) is 4.32. The van der Waals surface area contributed by atoms with Gasteiger partial charge in [0.2, 0.25) is 12.7 Å². The van der Waals surface area contributed by atoms with Gasteiger partial charge in [-0.2, -0.15) is 0 Å². The van der Waals surface area contributed by atoms with E-state index in [1.807, 2.05) is 60.8 Å².